The van der Waals surface area contributed by atoms with Crippen LogP contribution in [0.4, 0.5) is 0 Å². The average molecular weight is 303 g/mol. The zero-order valence-electron chi connectivity index (χ0n) is 13.5. The first-order valence-electron chi connectivity index (χ1n) is 7.96. The van der Waals surface area contributed by atoms with E-state index in [2.05, 4.69) is 17.1 Å². The molecular weight excluding hydrogens is 278 g/mol. The van der Waals surface area contributed by atoms with Crippen LogP contribution in [-0.2, 0) is 9.53 Å². The monoisotopic (exact) mass is 303 g/mol. The molecule has 0 aromatic heterocycles. The van der Waals surface area contributed by atoms with Crippen molar-refractivity contribution in [3.8, 4) is 5.75 Å². The minimum Gasteiger partial charge on any atom is -0.496 e. The van der Waals surface area contributed by atoms with Gasteiger partial charge in [0.05, 0.1) is 13.7 Å². The molecule has 0 radical (unpaired) electrons. The van der Waals surface area contributed by atoms with Gasteiger partial charge in [0.15, 0.2) is 0 Å². The summed E-state index contributed by atoms with van der Waals surface area (Å²) in [6.07, 6.45) is 7.26. The molecule has 0 aliphatic carbocycles. The second-order valence-electron chi connectivity index (χ2n) is 5.40. The van der Waals surface area contributed by atoms with E-state index in [4.69, 9.17) is 9.47 Å². The molecule has 120 valence electrons. The number of carbonyl (C=O) groups is 1. The number of nitrogens with zero attached hydrogens (tertiary/aromatic N) is 1. The number of para-hydroxylation sites is 1. The minimum atomic E-state index is -0.101. The summed E-state index contributed by atoms with van der Waals surface area (Å²) in [6, 6.07) is 7.81. The van der Waals surface area contributed by atoms with Gasteiger partial charge in [0.1, 0.15) is 11.8 Å². The van der Waals surface area contributed by atoms with Crippen LogP contribution in [0.1, 0.15) is 31.7 Å². The maximum absolute atomic E-state index is 12.0. The van der Waals surface area contributed by atoms with Crippen LogP contribution in [0.25, 0.3) is 6.08 Å². The Balaban J connectivity index is 1.98. The minimum absolute atomic E-state index is 0.0899. The Labute approximate surface area is 132 Å². The van der Waals surface area contributed by atoms with Gasteiger partial charge in [-0.15, -0.1) is 0 Å². The predicted molar refractivity (Wildman–Crippen MR) is 87.9 cm³/mol. The first-order chi connectivity index (χ1) is 10.8. The Morgan fingerprint density at radius 2 is 2.18 bits per heavy atom. The van der Waals surface area contributed by atoms with E-state index in [1.807, 2.05) is 31.2 Å². The van der Waals surface area contributed by atoms with Crippen LogP contribution in [-0.4, -0.2) is 43.7 Å². The van der Waals surface area contributed by atoms with Crippen LogP contribution in [0.5, 0.6) is 5.75 Å². The number of methoxy groups -OCH3 is 1. The molecule has 0 N–H and O–H groups in total. The Bertz CT molecular complexity index is 513. The van der Waals surface area contributed by atoms with Crippen molar-refractivity contribution < 1.29 is 14.3 Å². The van der Waals surface area contributed by atoms with Gasteiger partial charge in [0.25, 0.3) is 0 Å². The van der Waals surface area contributed by atoms with Gasteiger partial charge in [-0.05, 0) is 32.4 Å². The fourth-order valence-corrected chi connectivity index (χ4v) is 2.83. The smallest absolute Gasteiger partial charge is 0.323 e. The van der Waals surface area contributed by atoms with Gasteiger partial charge in [-0.2, -0.15) is 0 Å². The van der Waals surface area contributed by atoms with Gasteiger partial charge in [0, 0.05) is 12.1 Å². The van der Waals surface area contributed by atoms with E-state index < -0.39 is 0 Å². The summed E-state index contributed by atoms with van der Waals surface area (Å²) in [5, 5.41) is 0. The van der Waals surface area contributed by atoms with E-state index >= 15 is 0 Å². The molecule has 1 unspecified atom stereocenters. The Kier molecular flexibility index (Phi) is 6.46. The van der Waals surface area contributed by atoms with Crippen molar-refractivity contribution in [2.45, 2.75) is 32.2 Å². The van der Waals surface area contributed by atoms with E-state index in [1.165, 1.54) is 0 Å². The van der Waals surface area contributed by atoms with Crippen LogP contribution in [0.3, 0.4) is 0 Å². The standard InChI is InChI=1S/C18H25NO3/c1-3-22-18(20)16-11-6-7-13-19(16)14-8-10-15-9-4-5-12-17(15)21-2/h4-5,8-10,12,16H,3,6-7,11,13-14H2,1-2H3/b10-8+. The highest BCUT2D eigenvalue weighted by molar-refractivity contribution is 5.76. The highest BCUT2D eigenvalue weighted by Gasteiger charge is 2.28. The van der Waals surface area contributed by atoms with Gasteiger partial charge in [0.2, 0.25) is 0 Å². The number of carbonyl (C=O) groups excluding carboxylic acids is 1. The van der Waals surface area contributed by atoms with Crippen LogP contribution in [0.15, 0.2) is 30.3 Å². The molecule has 1 fully saturated rings. The van der Waals surface area contributed by atoms with Gasteiger partial charge in [-0.1, -0.05) is 36.8 Å². The maximum atomic E-state index is 12.0. The Morgan fingerprint density at radius 1 is 1.36 bits per heavy atom. The van der Waals surface area contributed by atoms with Gasteiger partial charge in [-0.3, -0.25) is 9.69 Å². The third-order valence-corrected chi connectivity index (χ3v) is 3.95. The fourth-order valence-electron chi connectivity index (χ4n) is 2.83. The third-order valence-electron chi connectivity index (χ3n) is 3.95. The van der Waals surface area contributed by atoms with Crippen LogP contribution >= 0.6 is 0 Å². The summed E-state index contributed by atoms with van der Waals surface area (Å²) >= 11 is 0. The molecule has 4 nitrogen and oxygen atoms in total. The maximum Gasteiger partial charge on any atom is 0.323 e. The quantitative estimate of drug-likeness (QED) is 0.757. The SMILES string of the molecule is CCOC(=O)C1CCCCN1C/C=C/c1ccccc1OC. The number of hydrogen-bond acceptors (Lipinski definition) is 4. The summed E-state index contributed by atoms with van der Waals surface area (Å²) in [6.45, 7) is 3.99. The van der Waals surface area contributed by atoms with Crippen molar-refractivity contribution in [2.75, 3.05) is 26.8 Å². The molecular formula is C18H25NO3. The zero-order chi connectivity index (χ0) is 15.8. The van der Waals surface area contributed by atoms with E-state index in [0.717, 1.165) is 43.7 Å². The van der Waals surface area contributed by atoms with Crippen LogP contribution < -0.4 is 4.74 Å². The lowest BCUT2D eigenvalue weighted by atomic mass is 10.0. The lowest BCUT2D eigenvalue weighted by Gasteiger charge is -2.33. The largest absolute Gasteiger partial charge is 0.496 e. The van der Waals surface area contributed by atoms with Gasteiger partial charge < -0.3 is 9.47 Å². The molecule has 0 bridgehead atoms. The molecule has 1 heterocycles. The lowest BCUT2D eigenvalue weighted by Crippen LogP contribution is -2.45. The first-order valence-corrected chi connectivity index (χ1v) is 7.96. The molecule has 0 amide bonds. The van der Waals surface area contributed by atoms with E-state index in [9.17, 15) is 4.79 Å². The average Bonchev–Trinajstić information content (AvgIpc) is 2.56. The van der Waals surface area contributed by atoms with Crippen molar-refractivity contribution in [2.24, 2.45) is 0 Å². The summed E-state index contributed by atoms with van der Waals surface area (Å²) in [5.74, 6) is 0.771. The number of likely N-dealkylation sites (tertiary alicyclic amines) is 1. The second kappa shape index (κ2) is 8.59. The Hall–Kier alpha value is -1.81. The molecule has 1 aliphatic heterocycles. The number of hydrogen-bond donors (Lipinski definition) is 0. The topological polar surface area (TPSA) is 38.8 Å². The predicted octanol–water partition coefficient (Wildman–Crippen LogP) is 3.13. The highest BCUT2D eigenvalue weighted by Crippen LogP contribution is 2.20. The number of ether oxygens (including phenoxy) is 2. The number of esters is 1. The van der Waals surface area contributed by atoms with E-state index in [1.54, 1.807) is 7.11 Å². The van der Waals surface area contributed by atoms with Crippen molar-refractivity contribution in [1.82, 2.24) is 4.90 Å². The molecule has 1 aromatic rings. The number of benzene rings is 1. The highest BCUT2D eigenvalue weighted by atomic mass is 16.5. The van der Waals surface area contributed by atoms with Crippen molar-refractivity contribution in [3.05, 3.63) is 35.9 Å². The van der Waals surface area contributed by atoms with Gasteiger partial charge in [-0.25, -0.2) is 0 Å². The van der Waals surface area contributed by atoms with Crippen molar-refractivity contribution in [3.63, 3.8) is 0 Å². The molecule has 0 saturated carbocycles. The third kappa shape index (κ3) is 4.34. The summed E-state index contributed by atoms with van der Waals surface area (Å²) in [4.78, 5) is 14.2. The number of rotatable bonds is 6. The molecule has 22 heavy (non-hydrogen) atoms. The molecule has 1 aliphatic rings. The zero-order valence-corrected chi connectivity index (χ0v) is 13.5. The Morgan fingerprint density at radius 3 is 2.95 bits per heavy atom. The lowest BCUT2D eigenvalue weighted by molar-refractivity contribution is -0.150. The summed E-state index contributed by atoms with van der Waals surface area (Å²) in [5.41, 5.74) is 1.05. The summed E-state index contributed by atoms with van der Waals surface area (Å²) < 4.78 is 10.5. The molecule has 4 heteroatoms. The van der Waals surface area contributed by atoms with E-state index in [-0.39, 0.29) is 12.0 Å². The van der Waals surface area contributed by atoms with Crippen LogP contribution in [0, 0.1) is 0 Å². The van der Waals surface area contributed by atoms with E-state index in [0.29, 0.717) is 6.61 Å². The molecule has 1 aromatic carbocycles. The molecule has 1 saturated heterocycles. The number of piperidine rings is 1. The second-order valence-corrected chi connectivity index (χ2v) is 5.40. The van der Waals surface area contributed by atoms with Crippen molar-refractivity contribution >= 4 is 12.0 Å². The molecule has 1 atom stereocenters. The fraction of sp³-hybridized carbons (Fsp3) is 0.500. The summed E-state index contributed by atoms with van der Waals surface area (Å²) in [7, 11) is 1.67. The van der Waals surface area contributed by atoms with Crippen molar-refractivity contribution in [1.29, 1.82) is 0 Å². The van der Waals surface area contributed by atoms with Gasteiger partial charge >= 0.3 is 5.97 Å². The normalized spacial score (nSPS) is 19.3. The molecule has 0 spiro atoms. The first kappa shape index (κ1) is 16.6. The molecule has 2 rings (SSSR count). The van der Waals surface area contributed by atoms with Crippen LogP contribution in [0.2, 0.25) is 0 Å².